The SMILES string of the molecule is CCC(Oc1cccc(C)c1)C(=O)Nc1ccc2c(c1)sc(=O)n2C(C)C. The van der Waals surface area contributed by atoms with Crippen molar-refractivity contribution in [2.24, 2.45) is 0 Å². The van der Waals surface area contributed by atoms with E-state index in [1.54, 1.807) is 4.57 Å². The number of hydrogen-bond acceptors (Lipinski definition) is 4. The van der Waals surface area contributed by atoms with Crippen molar-refractivity contribution in [2.75, 3.05) is 5.32 Å². The molecule has 27 heavy (non-hydrogen) atoms. The van der Waals surface area contributed by atoms with E-state index < -0.39 is 6.10 Å². The van der Waals surface area contributed by atoms with Gasteiger partial charge in [0.1, 0.15) is 5.75 Å². The van der Waals surface area contributed by atoms with Gasteiger partial charge >= 0.3 is 4.87 Å². The molecular formula is C21H24N2O3S. The first-order chi connectivity index (χ1) is 12.9. The van der Waals surface area contributed by atoms with Crippen molar-refractivity contribution >= 4 is 33.1 Å². The Morgan fingerprint density at radius 1 is 1.22 bits per heavy atom. The number of benzene rings is 2. The van der Waals surface area contributed by atoms with Crippen LogP contribution in [-0.4, -0.2) is 16.6 Å². The van der Waals surface area contributed by atoms with Gasteiger partial charge in [-0.2, -0.15) is 0 Å². The third-order valence-corrected chi connectivity index (χ3v) is 5.25. The molecule has 1 N–H and O–H groups in total. The lowest BCUT2D eigenvalue weighted by Gasteiger charge is -2.17. The number of carbonyl (C=O) groups is 1. The summed E-state index contributed by atoms with van der Waals surface area (Å²) in [6.45, 7) is 7.87. The van der Waals surface area contributed by atoms with E-state index in [1.807, 2.05) is 70.2 Å². The van der Waals surface area contributed by atoms with Crippen molar-refractivity contribution in [3.05, 3.63) is 57.7 Å². The van der Waals surface area contributed by atoms with Crippen molar-refractivity contribution in [1.82, 2.24) is 4.57 Å². The van der Waals surface area contributed by atoms with Crippen molar-refractivity contribution in [3.63, 3.8) is 0 Å². The summed E-state index contributed by atoms with van der Waals surface area (Å²) in [6.07, 6.45) is -0.0273. The summed E-state index contributed by atoms with van der Waals surface area (Å²) in [5, 5.41) is 2.91. The number of aryl methyl sites for hydroxylation is 1. The van der Waals surface area contributed by atoms with E-state index in [0.717, 1.165) is 15.8 Å². The Morgan fingerprint density at radius 2 is 2.00 bits per heavy atom. The third-order valence-electron chi connectivity index (χ3n) is 4.33. The molecule has 1 atom stereocenters. The topological polar surface area (TPSA) is 60.3 Å². The number of anilines is 1. The maximum atomic E-state index is 12.6. The van der Waals surface area contributed by atoms with Crippen molar-refractivity contribution in [2.45, 2.75) is 46.3 Å². The second-order valence-electron chi connectivity index (χ2n) is 6.83. The van der Waals surface area contributed by atoms with E-state index in [9.17, 15) is 9.59 Å². The number of nitrogens with zero attached hydrogens (tertiary/aromatic N) is 1. The molecule has 6 heteroatoms. The van der Waals surface area contributed by atoms with Gasteiger partial charge in [-0.25, -0.2) is 0 Å². The summed E-state index contributed by atoms with van der Waals surface area (Å²) in [6, 6.07) is 13.3. The second-order valence-corrected chi connectivity index (χ2v) is 7.83. The molecular weight excluding hydrogens is 360 g/mol. The smallest absolute Gasteiger partial charge is 0.308 e. The Hall–Kier alpha value is -2.60. The van der Waals surface area contributed by atoms with Crippen molar-refractivity contribution in [3.8, 4) is 5.75 Å². The highest BCUT2D eigenvalue weighted by Crippen LogP contribution is 2.24. The number of fused-ring (bicyclic) bond motifs is 1. The minimum Gasteiger partial charge on any atom is -0.481 e. The molecule has 2 aromatic carbocycles. The highest BCUT2D eigenvalue weighted by molar-refractivity contribution is 7.16. The molecule has 142 valence electrons. The molecule has 0 saturated carbocycles. The molecule has 3 aromatic rings. The van der Waals surface area contributed by atoms with Gasteiger partial charge in [0.15, 0.2) is 6.10 Å². The molecule has 0 spiro atoms. The van der Waals surface area contributed by atoms with Gasteiger partial charge in [-0.1, -0.05) is 30.4 Å². The highest BCUT2D eigenvalue weighted by Gasteiger charge is 2.19. The van der Waals surface area contributed by atoms with Gasteiger partial charge in [0.25, 0.3) is 5.91 Å². The lowest BCUT2D eigenvalue weighted by atomic mass is 10.2. The number of hydrogen-bond donors (Lipinski definition) is 1. The number of aromatic nitrogens is 1. The maximum Gasteiger partial charge on any atom is 0.308 e. The van der Waals surface area contributed by atoms with E-state index in [1.165, 1.54) is 11.3 Å². The molecule has 1 aromatic heterocycles. The molecule has 0 aliphatic heterocycles. The van der Waals surface area contributed by atoms with E-state index >= 15 is 0 Å². The lowest BCUT2D eigenvalue weighted by Crippen LogP contribution is -2.32. The number of nitrogens with one attached hydrogen (secondary N) is 1. The fourth-order valence-electron chi connectivity index (χ4n) is 3.00. The van der Waals surface area contributed by atoms with Gasteiger partial charge in [0, 0.05) is 11.7 Å². The first-order valence-electron chi connectivity index (χ1n) is 9.08. The predicted molar refractivity (Wildman–Crippen MR) is 111 cm³/mol. The van der Waals surface area contributed by atoms with Gasteiger partial charge < -0.3 is 10.1 Å². The van der Waals surface area contributed by atoms with Crippen LogP contribution in [0.5, 0.6) is 5.75 Å². The number of thiazole rings is 1. The highest BCUT2D eigenvalue weighted by atomic mass is 32.1. The average Bonchev–Trinajstić information content (AvgIpc) is 2.94. The largest absolute Gasteiger partial charge is 0.481 e. The molecule has 1 amide bonds. The third kappa shape index (κ3) is 4.22. The van der Waals surface area contributed by atoms with Crippen molar-refractivity contribution in [1.29, 1.82) is 0 Å². The lowest BCUT2D eigenvalue weighted by molar-refractivity contribution is -0.122. The molecule has 0 bridgehead atoms. The van der Waals surface area contributed by atoms with Crippen LogP contribution in [-0.2, 0) is 4.79 Å². The number of ether oxygens (including phenoxy) is 1. The van der Waals surface area contributed by atoms with Crippen LogP contribution in [0.25, 0.3) is 10.2 Å². The number of amides is 1. The van der Waals surface area contributed by atoms with Crippen LogP contribution in [0.15, 0.2) is 47.3 Å². The molecule has 5 nitrogen and oxygen atoms in total. The zero-order valence-corrected chi connectivity index (χ0v) is 16.8. The summed E-state index contributed by atoms with van der Waals surface area (Å²) in [7, 11) is 0. The quantitative estimate of drug-likeness (QED) is 0.667. The fourth-order valence-corrected chi connectivity index (χ4v) is 4.05. The Morgan fingerprint density at radius 3 is 2.67 bits per heavy atom. The van der Waals surface area contributed by atoms with E-state index in [4.69, 9.17) is 4.74 Å². The fraction of sp³-hybridized carbons (Fsp3) is 0.333. The van der Waals surface area contributed by atoms with Crippen LogP contribution >= 0.6 is 11.3 Å². The predicted octanol–water partition coefficient (Wildman–Crippen LogP) is 4.75. The van der Waals surface area contributed by atoms with E-state index in [2.05, 4.69) is 5.32 Å². The van der Waals surface area contributed by atoms with Gasteiger partial charge in [-0.05, 0) is 63.1 Å². The van der Waals surface area contributed by atoms with Gasteiger partial charge in [0.05, 0.1) is 10.2 Å². The summed E-state index contributed by atoms with van der Waals surface area (Å²) in [5.74, 6) is 0.480. The number of carbonyl (C=O) groups excluding carboxylic acids is 1. The second kappa shape index (κ2) is 7.96. The molecule has 0 aliphatic carbocycles. The minimum absolute atomic E-state index is 0.0118. The zero-order chi connectivity index (χ0) is 19.6. The maximum absolute atomic E-state index is 12.6. The molecule has 3 rings (SSSR count). The molecule has 0 saturated heterocycles. The Balaban J connectivity index is 1.78. The number of rotatable bonds is 6. The Bertz CT molecular complexity index is 1020. The molecule has 0 aliphatic rings. The van der Waals surface area contributed by atoms with Gasteiger partial charge in [-0.3, -0.25) is 14.2 Å². The Kier molecular flexibility index (Phi) is 5.65. The van der Waals surface area contributed by atoms with Crippen LogP contribution in [0.4, 0.5) is 5.69 Å². The van der Waals surface area contributed by atoms with Crippen LogP contribution in [0.2, 0.25) is 0 Å². The molecule has 0 fully saturated rings. The van der Waals surface area contributed by atoms with Gasteiger partial charge in [0.2, 0.25) is 0 Å². The Labute approximate surface area is 162 Å². The normalized spacial score (nSPS) is 12.3. The molecule has 1 unspecified atom stereocenters. The van der Waals surface area contributed by atoms with Gasteiger partial charge in [-0.15, -0.1) is 0 Å². The summed E-state index contributed by atoms with van der Waals surface area (Å²) in [4.78, 5) is 24.8. The van der Waals surface area contributed by atoms with Crippen LogP contribution in [0, 0.1) is 6.92 Å². The monoisotopic (exact) mass is 384 g/mol. The summed E-state index contributed by atoms with van der Waals surface area (Å²) < 4.78 is 8.48. The van der Waals surface area contributed by atoms with E-state index in [-0.39, 0.29) is 16.8 Å². The van der Waals surface area contributed by atoms with Crippen molar-refractivity contribution < 1.29 is 9.53 Å². The first kappa shape index (κ1) is 19.2. The average molecular weight is 385 g/mol. The standard InChI is InChI=1S/C21H24N2O3S/c1-5-18(26-16-8-6-7-14(4)11-16)20(24)22-15-9-10-17-19(12-15)27-21(25)23(17)13(2)3/h6-13,18H,5H2,1-4H3,(H,22,24). The van der Waals surface area contributed by atoms with Crippen LogP contribution < -0.4 is 14.9 Å². The van der Waals surface area contributed by atoms with E-state index in [0.29, 0.717) is 17.9 Å². The molecule has 1 heterocycles. The summed E-state index contributed by atoms with van der Waals surface area (Å²) >= 11 is 1.19. The van der Waals surface area contributed by atoms with Crippen LogP contribution in [0.1, 0.15) is 38.8 Å². The zero-order valence-electron chi connectivity index (χ0n) is 16.0. The molecule has 0 radical (unpaired) electrons. The van der Waals surface area contributed by atoms with Crippen LogP contribution in [0.3, 0.4) is 0 Å². The minimum atomic E-state index is -0.582. The summed E-state index contributed by atoms with van der Waals surface area (Å²) in [5.41, 5.74) is 2.63. The first-order valence-corrected chi connectivity index (χ1v) is 9.90.